The number of carbonyl (C=O) groups excluding carboxylic acids is 1. The van der Waals surface area contributed by atoms with Crippen LogP contribution in [0.3, 0.4) is 0 Å². The van der Waals surface area contributed by atoms with Crippen LogP contribution in [0.1, 0.15) is 10.5 Å². The maximum Gasteiger partial charge on any atom is 0.274 e. The molecular formula is C17H12N4OS. The number of nitrogens with one attached hydrogen (secondary N) is 2. The van der Waals surface area contributed by atoms with E-state index in [-0.39, 0.29) is 5.91 Å². The summed E-state index contributed by atoms with van der Waals surface area (Å²) < 4.78 is 0. The van der Waals surface area contributed by atoms with Crippen molar-refractivity contribution in [1.29, 1.82) is 0 Å². The maximum absolute atomic E-state index is 12.2. The van der Waals surface area contributed by atoms with Crippen molar-refractivity contribution in [2.45, 2.75) is 0 Å². The van der Waals surface area contributed by atoms with Gasteiger partial charge in [-0.1, -0.05) is 12.1 Å². The summed E-state index contributed by atoms with van der Waals surface area (Å²) >= 11 is 1.63. The molecule has 3 heterocycles. The van der Waals surface area contributed by atoms with E-state index in [0.717, 1.165) is 21.5 Å². The zero-order chi connectivity index (χ0) is 15.6. The number of amides is 1. The number of H-pyrrole nitrogens is 1. The second kappa shape index (κ2) is 5.66. The summed E-state index contributed by atoms with van der Waals surface area (Å²) in [6.07, 6.45) is 1.60. The van der Waals surface area contributed by atoms with Crippen molar-refractivity contribution in [3.63, 3.8) is 0 Å². The summed E-state index contributed by atoms with van der Waals surface area (Å²) in [6, 6.07) is 15.0. The Bertz CT molecular complexity index is 961. The van der Waals surface area contributed by atoms with E-state index in [1.165, 1.54) is 0 Å². The van der Waals surface area contributed by atoms with Crippen molar-refractivity contribution in [1.82, 2.24) is 15.2 Å². The van der Waals surface area contributed by atoms with Crippen LogP contribution in [0.4, 0.5) is 5.69 Å². The average Bonchev–Trinajstić information content (AvgIpc) is 3.24. The molecule has 5 nitrogen and oxygen atoms in total. The number of rotatable bonds is 3. The molecule has 1 aromatic carbocycles. The molecule has 0 aliphatic rings. The molecule has 0 spiro atoms. The zero-order valence-corrected chi connectivity index (χ0v) is 12.8. The number of hydrogen-bond acceptors (Lipinski definition) is 4. The largest absolute Gasteiger partial charge is 0.321 e. The SMILES string of the molecule is O=C(Nc1ccc2[nH]nc(-c3cccs3)c2c1)c1ccccn1. The smallest absolute Gasteiger partial charge is 0.274 e. The Labute approximate surface area is 136 Å². The molecule has 23 heavy (non-hydrogen) atoms. The molecule has 2 N–H and O–H groups in total. The van der Waals surface area contributed by atoms with Crippen molar-refractivity contribution in [2.75, 3.05) is 5.32 Å². The van der Waals surface area contributed by atoms with Crippen molar-refractivity contribution in [3.8, 4) is 10.6 Å². The predicted molar refractivity (Wildman–Crippen MR) is 91.6 cm³/mol. The number of aromatic amines is 1. The lowest BCUT2D eigenvalue weighted by atomic mass is 10.1. The average molecular weight is 320 g/mol. The summed E-state index contributed by atoms with van der Waals surface area (Å²) in [5.41, 5.74) is 2.93. The van der Waals surface area contributed by atoms with Gasteiger partial charge in [0, 0.05) is 17.3 Å². The van der Waals surface area contributed by atoms with E-state index in [2.05, 4.69) is 20.5 Å². The normalized spacial score (nSPS) is 10.8. The first kappa shape index (κ1) is 13.7. The molecule has 3 aromatic heterocycles. The monoisotopic (exact) mass is 320 g/mol. The van der Waals surface area contributed by atoms with E-state index in [1.54, 1.807) is 35.7 Å². The van der Waals surface area contributed by atoms with E-state index in [4.69, 9.17) is 0 Å². The predicted octanol–water partition coefficient (Wildman–Crippen LogP) is 3.94. The molecule has 0 aliphatic heterocycles. The van der Waals surface area contributed by atoms with Gasteiger partial charge >= 0.3 is 0 Å². The molecule has 0 saturated carbocycles. The number of pyridine rings is 1. The minimum atomic E-state index is -0.230. The Morgan fingerprint density at radius 2 is 2.09 bits per heavy atom. The Kier molecular flexibility index (Phi) is 3.36. The first-order valence-corrected chi connectivity index (χ1v) is 7.93. The molecule has 0 unspecified atom stereocenters. The molecule has 4 aromatic rings. The molecule has 112 valence electrons. The molecule has 0 bridgehead atoms. The number of anilines is 1. The van der Waals surface area contributed by atoms with E-state index < -0.39 is 0 Å². The minimum Gasteiger partial charge on any atom is -0.321 e. The molecule has 4 rings (SSSR count). The van der Waals surface area contributed by atoms with Crippen LogP contribution >= 0.6 is 11.3 Å². The third-order valence-corrected chi connectivity index (χ3v) is 4.35. The highest BCUT2D eigenvalue weighted by molar-refractivity contribution is 7.13. The summed E-state index contributed by atoms with van der Waals surface area (Å²) in [7, 11) is 0. The van der Waals surface area contributed by atoms with Crippen molar-refractivity contribution >= 4 is 33.8 Å². The topological polar surface area (TPSA) is 70.7 Å². The lowest BCUT2D eigenvalue weighted by molar-refractivity contribution is 0.102. The highest BCUT2D eigenvalue weighted by Gasteiger charge is 2.11. The number of benzene rings is 1. The van der Waals surface area contributed by atoms with E-state index >= 15 is 0 Å². The standard InChI is InChI=1S/C17H12N4OS/c22-17(14-4-1-2-8-18-14)19-11-6-7-13-12(10-11)16(21-20-13)15-5-3-9-23-15/h1-10H,(H,19,22)(H,20,21). The molecule has 1 amide bonds. The fourth-order valence-corrected chi connectivity index (χ4v) is 3.11. The van der Waals surface area contributed by atoms with Gasteiger partial charge in [0.05, 0.1) is 10.4 Å². The van der Waals surface area contributed by atoms with Gasteiger partial charge in [-0.05, 0) is 41.8 Å². The van der Waals surface area contributed by atoms with Crippen LogP contribution in [-0.4, -0.2) is 21.1 Å². The summed E-state index contributed by atoms with van der Waals surface area (Å²) in [5.74, 6) is -0.230. The minimum absolute atomic E-state index is 0.230. The van der Waals surface area contributed by atoms with E-state index in [0.29, 0.717) is 11.4 Å². The highest BCUT2D eigenvalue weighted by Crippen LogP contribution is 2.31. The maximum atomic E-state index is 12.2. The number of thiophene rings is 1. The molecule has 0 atom stereocenters. The molecule has 6 heteroatoms. The third kappa shape index (κ3) is 2.60. The Balaban J connectivity index is 1.69. The van der Waals surface area contributed by atoms with Crippen molar-refractivity contribution in [3.05, 3.63) is 65.8 Å². The lowest BCUT2D eigenvalue weighted by Crippen LogP contribution is -2.13. The van der Waals surface area contributed by atoms with Crippen LogP contribution in [0.15, 0.2) is 60.1 Å². The number of carbonyl (C=O) groups is 1. The number of fused-ring (bicyclic) bond motifs is 1. The van der Waals surface area contributed by atoms with Gasteiger partial charge in [-0.25, -0.2) is 0 Å². The van der Waals surface area contributed by atoms with E-state index in [1.807, 2.05) is 35.7 Å². The molecule has 0 fully saturated rings. The van der Waals surface area contributed by atoms with Gasteiger partial charge in [-0.15, -0.1) is 11.3 Å². The second-order valence-corrected chi connectivity index (χ2v) is 5.93. The van der Waals surface area contributed by atoms with Crippen LogP contribution in [-0.2, 0) is 0 Å². The number of aromatic nitrogens is 3. The summed E-state index contributed by atoms with van der Waals surface area (Å²) in [6.45, 7) is 0. The van der Waals surface area contributed by atoms with E-state index in [9.17, 15) is 4.79 Å². The highest BCUT2D eigenvalue weighted by atomic mass is 32.1. The van der Waals surface area contributed by atoms with Crippen LogP contribution in [0.2, 0.25) is 0 Å². The Morgan fingerprint density at radius 3 is 2.87 bits per heavy atom. The number of nitrogens with zero attached hydrogens (tertiary/aromatic N) is 2. The van der Waals surface area contributed by atoms with Gasteiger partial charge in [-0.3, -0.25) is 14.9 Å². The van der Waals surface area contributed by atoms with Gasteiger partial charge in [0.15, 0.2) is 0 Å². The molecule has 0 aliphatic carbocycles. The van der Waals surface area contributed by atoms with Gasteiger partial charge in [0.25, 0.3) is 5.91 Å². The fraction of sp³-hybridized carbons (Fsp3) is 0. The zero-order valence-electron chi connectivity index (χ0n) is 12.0. The quantitative estimate of drug-likeness (QED) is 0.600. The summed E-state index contributed by atoms with van der Waals surface area (Å²) in [4.78, 5) is 17.4. The number of hydrogen-bond donors (Lipinski definition) is 2. The van der Waals surface area contributed by atoms with Crippen LogP contribution in [0.25, 0.3) is 21.5 Å². The van der Waals surface area contributed by atoms with Gasteiger partial charge in [0.1, 0.15) is 11.4 Å². The lowest BCUT2D eigenvalue weighted by Gasteiger charge is -2.05. The Hall–Kier alpha value is -2.99. The van der Waals surface area contributed by atoms with Crippen molar-refractivity contribution < 1.29 is 4.79 Å². The first-order valence-electron chi connectivity index (χ1n) is 7.06. The van der Waals surface area contributed by atoms with Gasteiger partial charge < -0.3 is 5.32 Å². The summed E-state index contributed by atoms with van der Waals surface area (Å²) in [5, 5.41) is 13.3. The Morgan fingerprint density at radius 1 is 1.13 bits per heavy atom. The molecular weight excluding hydrogens is 308 g/mol. The first-order chi connectivity index (χ1) is 11.3. The van der Waals surface area contributed by atoms with Crippen LogP contribution < -0.4 is 5.32 Å². The van der Waals surface area contributed by atoms with Crippen LogP contribution in [0, 0.1) is 0 Å². The molecule has 0 radical (unpaired) electrons. The van der Waals surface area contributed by atoms with Gasteiger partial charge in [0.2, 0.25) is 0 Å². The van der Waals surface area contributed by atoms with Gasteiger partial charge in [-0.2, -0.15) is 5.10 Å². The van der Waals surface area contributed by atoms with Crippen LogP contribution in [0.5, 0.6) is 0 Å². The fourth-order valence-electron chi connectivity index (χ4n) is 2.39. The second-order valence-electron chi connectivity index (χ2n) is 4.98. The van der Waals surface area contributed by atoms with Crippen molar-refractivity contribution in [2.24, 2.45) is 0 Å². The third-order valence-electron chi connectivity index (χ3n) is 3.47. The molecule has 0 saturated heterocycles.